The van der Waals surface area contributed by atoms with Crippen LogP contribution >= 0.6 is 0 Å². The van der Waals surface area contributed by atoms with Crippen molar-refractivity contribution >= 4 is 6.09 Å². The van der Waals surface area contributed by atoms with Crippen molar-refractivity contribution in [3.8, 4) is 17.6 Å². The Morgan fingerprint density at radius 2 is 1.75 bits per heavy atom. The van der Waals surface area contributed by atoms with Gasteiger partial charge in [-0.25, -0.2) is 4.79 Å². The maximum atomic E-state index is 11.9. The molecule has 0 aromatic heterocycles. The number of rotatable bonds is 4. The number of carbonyl (C=O) groups is 1. The number of para-hydroxylation sites is 1. The number of carbonyl (C=O) groups excluding carboxylic acids is 1. The van der Waals surface area contributed by atoms with Gasteiger partial charge >= 0.3 is 6.09 Å². The molecular weight excluding hydrogens is 304 g/mol. The molecule has 1 atom stereocenters. The van der Waals surface area contributed by atoms with Crippen molar-refractivity contribution in [1.82, 2.24) is 5.32 Å². The molecule has 1 amide bonds. The van der Waals surface area contributed by atoms with Crippen LogP contribution in [-0.4, -0.2) is 11.6 Å². The summed E-state index contributed by atoms with van der Waals surface area (Å²) in [5.74, 6) is 1.26. The first-order chi connectivity index (χ1) is 11.4. The number of nitrogens with zero attached hydrogens (tertiary/aromatic N) is 1. The van der Waals surface area contributed by atoms with Crippen LogP contribution in [0.25, 0.3) is 0 Å². The van der Waals surface area contributed by atoms with Crippen LogP contribution in [0.2, 0.25) is 0 Å². The molecule has 2 rings (SSSR count). The minimum atomic E-state index is -1.01. The maximum absolute atomic E-state index is 11.9. The van der Waals surface area contributed by atoms with Gasteiger partial charge < -0.3 is 14.8 Å². The monoisotopic (exact) mass is 324 g/mol. The standard InChI is InChI=1S/C19H20N2O3/c1-19(2,3)21-18(22)24-17(13-20)14-8-7-11-16(12-14)23-15-9-5-4-6-10-15/h4-12,17H,1-3H3,(H,21,22). The molecule has 1 unspecified atom stereocenters. The van der Waals surface area contributed by atoms with E-state index in [-0.39, 0.29) is 0 Å². The van der Waals surface area contributed by atoms with Gasteiger partial charge in [0, 0.05) is 11.1 Å². The molecule has 0 heterocycles. The summed E-state index contributed by atoms with van der Waals surface area (Å²) >= 11 is 0. The average Bonchev–Trinajstić information content (AvgIpc) is 2.52. The van der Waals surface area contributed by atoms with E-state index < -0.39 is 17.7 Å². The van der Waals surface area contributed by atoms with E-state index >= 15 is 0 Å². The summed E-state index contributed by atoms with van der Waals surface area (Å²) in [6, 6.07) is 18.2. The number of hydrogen-bond donors (Lipinski definition) is 1. The molecule has 0 aliphatic heterocycles. The van der Waals surface area contributed by atoms with Gasteiger partial charge in [-0.3, -0.25) is 0 Å². The van der Waals surface area contributed by atoms with Crippen LogP contribution in [0, 0.1) is 11.3 Å². The molecule has 124 valence electrons. The molecule has 0 radical (unpaired) electrons. The highest BCUT2D eigenvalue weighted by Gasteiger charge is 2.20. The molecule has 2 aromatic rings. The number of nitrogens with one attached hydrogen (secondary N) is 1. The Hall–Kier alpha value is -3.00. The van der Waals surface area contributed by atoms with Crippen molar-refractivity contribution < 1.29 is 14.3 Å². The highest BCUT2D eigenvalue weighted by Crippen LogP contribution is 2.26. The first-order valence-corrected chi connectivity index (χ1v) is 7.59. The second kappa shape index (κ2) is 7.51. The van der Waals surface area contributed by atoms with Gasteiger partial charge in [-0.15, -0.1) is 0 Å². The van der Waals surface area contributed by atoms with E-state index in [1.165, 1.54) is 0 Å². The van der Waals surface area contributed by atoms with E-state index in [9.17, 15) is 10.1 Å². The number of ether oxygens (including phenoxy) is 2. The molecule has 0 bridgehead atoms. The molecule has 1 N–H and O–H groups in total. The fraction of sp³-hybridized carbons (Fsp3) is 0.263. The molecule has 0 saturated heterocycles. The van der Waals surface area contributed by atoms with E-state index in [0.29, 0.717) is 17.1 Å². The van der Waals surface area contributed by atoms with Gasteiger partial charge in [0.15, 0.2) is 0 Å². The zero-order valence-corrected chi connectivity index (χ0v) is 13.9. The van der Waals surface area contributed by atoms with E-state index in [0.717, 1.165) is 0 Å². The fourth-order valence-electron chi connectivity index (χ4n) is 1.98. The van der Waals surface area contributed by atoms with Crippen LogP contribution in [0.3, 0.4) is 0 Å². The van der Waals surface area contributed by atoms with Crippen LogP contribution in [0.4, 0.5) is 4.79 Å². The number of amides is 1. The van der Waals surface area contributed by atoms with Crippen LogP contribution in [-0.2, 0) is 4.74 Å². The lowest BCUT2D eigenvalue weighted by Crippen LogP contribution is -2.41. The molecular formula is C19H20N2O3. The molecule has 24 heavy (non-hydrogen) atoms. The van der Waals surface area contributed by atoms with Crippen LogP contribution in [0.5, 0.6) is 11.5 Å². The summed E-state index contributed by atoms with van der Waals surface area (Å²) in [6.07, 6.45) is -1.64. The van der Waals surface area contributed by atoms with Gasteiger partial charge in [0.25, 0.3) is 0 Å². The predicted octanol–water partition coefficient (Wildman–Crippen LogP) is 4.57. The van der Waals surface area contributed by atoms with Gasteiger partial charge in [-0.2, -0.15) is 5.26 Å². The first-order valence-electron chi connectivity index (χ1n) is 7.59. The Morgan fingerprint density at radius 3 is 2.38 bits per heavy atom. The van der Waals surface area contributed by atoms with Crippen LogP contribution < -0.4 is 10.1 Å². The molecule has 2 aromatic carbocycles. The van der Waals surface area contributed by atoms with Crippen LogP contribution in [0.1, 0.15) is 32.4 Å². The molecule has 5 nitrogen and oxygen atoms in total. The Morgan fingerprint density at radius 1 is 1.08 bits per heavy atom. The fourth-order valence-corrected chi connectivity index (χ4v) is 1.98. The number of nitriles is 1. The van der Waals surface area contributed by atoms with Gasteiger partial charge in [-0.1, -0.05) is 30.3 Å². The van der Waals surface area contributed by atoms with Crippen molar-refractivity contribution in [2.24, 2.45) is 0 Å². The Labute approximate surface area is 141 Å². The summed E-state index contributed by atoms with van der Waals surface area (Å²) in [5, 5.41) is 12.0. The zero-order valence-electron chi connectivity index (χ0n) is 13.9. The van der Waals surface area contributed by atoms with Gasteiger partial charge in [-0.05, 0) is 45.0 Å². The summed E-state index contributed by atoms with van der Waals surface area (Å²) in [7, 11) is 0. The molecule has 0 aliphatic rings. The van der Waals surface area contributed by atoms with Gasteiger partial charge in [0.1, 0.15) is 17.6 Å². The van der Waals surface area contributed by atoms with E-state index in [1.54, 1.807) is 24.3 Å². The molecule has 5 heteroatoms. The number of hydrogen-bond acceptors (Lipinski definition) is 4. The van der Waals surface area contributed by atoms with Crippen molar-refractivity contribution in [2.75, 3.05) is 0 Å². The zero-order chi connectivity index (χ0) is 17.6. The third kappa shape index (κ3) is 5.33. The summed E-state index contributed by atoms with van der Waals surface area (Å²) in [5.41, 5.74) is 0.116. The number of benzene rings is 2. The van der Waals surface area contributed by atoms with Gasteiger partial charge in [0.2, 0.25) is 6.10 Å². The average molecular weight is 324 g/mol. The highest BCUT2D eigenvalue weighted by atomic mass is 16.6. The van der Waals surface area contributed by atoms with Crippen molar-refractivity contribution in [1.29, 1.82) is 5.26 Å². The van der Waals surface area contributed by atoms with Crippen molar-refractivity contribution in [3.63, 3.8) is 0 Å². The second-order valence-corrected chi connectivity index (χ2v) is 6.28. The smallest absolute Gasteiger partial charge is 0.409 e. The highest BCUT2D eigenvalue weighted by molar-refractivity contribution is 5.68. The summed E-state index contributed by atoms with van der Waals surface area (Å²) < 4.78 is 10.9. The van der Waals surface area contributed by atoms with Crippen molar-refractivity contribution in [3.05, 3.63) is 60.2 Å². The van der Waals surface area contributed by atoms with E-state index in [1.807, 2.05) is 57.2 Å². The topological polar surface area (TPSA) is 71.3 Å². The SMILES string of the molecule is CC(C)(C)NC(=O)OC(C#N)c1cccc(Oc2ccccc2)c1. The molecule has 0 saturated carbocycles. The minimum absolute atomic E-state index is 0.435. The third-order valence-corrected chi connectivity index (χ3v) is 2.96. The van der Waals surface area contributed by atoms with E-state index in [4.69, 9.17) is 9.47 Å². The predicted molar refractivity (Wildman–Crippen MR) is 90.7 cm³/mol. The lowest BCUT2D eigenvalue weighted by atomic mass is 10.1. The largest absolute Gasteiger partial charge is 0.457 e. The summed E-state index contributed by atoms with van der Waals surface area (Å²) in [4.78, 5) is 11.9. The Balaban J connectivity index is 2.11. The lowest BCUT2D eigenvalue weighted by molar-refractivity contribution is 0.115. The molecule has 0 aliphatic carbocycles. The molecule has 0 spiro atoms. The van der Waals surface area contributed by atoms with Gasteiger partial charge in [0.05, 0.1) is 0 Å². The summed E-state index contributed by atoms with van der Waals surface area (Å²) in [6.45, 7) is 5.51. The van der Waals surface area contributed by atoms with Crippen molar-refractivity contribution in [2.45, 2.75) is 32.4 Å². The number of alkyl carbamates (subject to hydrolysis) is 1. The normalized spacial score (nSPS) is 11.9. The third-order valence-electron chi connectivity index (χ3n) is 2.96. The quantitative estimate of drug-likeness (QED) is 0.894. The first kappa shape index (κ1) is 17.4. The van der Waals surface area contributed by atoms with Crippen LogP contribution in [0.15, 0.2) is 54.6 Å². The second-order valence-electron chi connectivity index (χ2n) is 6.28. The lowest BCUT2D eigenvalue weighted by Gasteiger charge is -2.21. The minimum Gasteiger partial charge on any atom is -0.457 e. The molecule has 0 fully saturated rings. The Kier molecular flexibility index (Phi) is 5.43. The van der Waals surface area contributed by atoms with E-state index in [2.05, 4.69) is 5.32 Å². The Bertz CT molecular complexity index is 730. The maximum Gasteiger partial charge on any atom is 0.409 e.